The summed E-state index contributed by atoms with van der Waals surface area (Å²) in [7, 11) is 0. The predicted molar refractivity (Wildman–Crippen MR) is 72.8 cm³/mol. The van der Waals surface area contributed by atoms with Crippen LogP contribution < -0.4 is 0 Å². The van der Waals surface area contributed by atoms with Crippen molar-refractivity contribution in [3.63, 3.8) is 0 Å². The fraction of sp³-hybridized carbons (Fsp3) is 0.154. The maximum atomic E-state index is 11.5. The van der Waals surface area contributed by atoms with Crippen LogP contribution in [-0.4, -0.2) is 12.6 Å². The normalized spacial score (nSPS) is 10.4. The fourth-order valence-corrected chi connectivity index (χ4v) is 1.88. The van der Waals surface area contributed by atoms with E-state index in [1.807, 2.05) is 12.1 Å². The molecule has 1 aromatic heterocycles. The summed E-state index contributed by atoms with van der Waals surface area (Å²) in [5, 5.41) is 0.585. The molecule has 1 aromatic carbocycles. The molecule has 0 atom stereocenters. The van der Waals surface area contributed by atoms with E-state index < -0.39 is 5.97 Å². The highest BCUT2D eigenvalue weighted by molar-refractivity contribution is 9.10. The number of hydrogen-bond donors (Lipinski definition) is 0. The summed E-state index contributed by atoms with van der Waals surface area (Å²) in [6.45, 7) is 2.06. The SMILES string of the molecule is CCOC(=O)c1ccc(-c2ccc(Br)c(Cl)c2)o1. The summed E-state index contributed by atoms with van der Waals surface area (Å²) in [5.74, 6) is 0.297. The number of halogens is 2. The molecule has 0 unspecified atom stereocenters. The molecular formula is C13H10BrClO3. The van der Waals surface area contributed by atoms with Crippen molar-refractivity contribution in [2.24, 2.45) is 0 Å². The van der Waals surface area contributed by atoms with E-state index in [-0.39, 0.29) is 5.76 Å². The Morgan fingerprint density at radius 3 is 2.83 bits per heavy atom. The van der Waals surface area contributed by atoms with Crippen LogP contribution >= 0.6 is 27.5 Å². The van der Waals surface area contributed by atoms with Gasteiger partial charge in [0.2, 0.25) is 5.76 Å². The first-order valence-electron chi connectivity index (χ1n) is 5.34. The minimum absolute atomic E-state index is 0.186. The Balaban J connectivity index is 2.29. The second kappa shape index (κ2) is 5.59. The molecule has 3 nitrogen and oxygen atoms in total. The van der Waals surface area contributed by atoms with E-state index in [9.17, 15) is 4.79 Å². The zero-order valence-corrected chi connectivity index (χ0v) is 11.9. The summed E-state index contributed by atoms with van der Waals surface area (Å²) in [6, 6.07) is 8.74. The second-order valence-electron chi connectivity index (χ2n) is 3.51. The molecule has 0 aliphatic rings. The molecule has 0 N–H and O–H groups in total. The van der Waals surface area contributed by atoms with Gasteiger partial charge in [-0.3, -0.25) is 0 Å². The van der Waals surface area contributed by atoms with Gasteiger partial charge in [0.15, 0.2) is 0 Å². The lowest BCUT2D eigenvalue weighted by atomic mass is 10.2. The fourth-order valence-electron chi connectivity index (χ4n) is 1.45. The average Bonchev–Trinajstić information content (AvgIpc) is 2.82. The highest BCUT2D eigenvalue weighted by Crippen LogP contribution is 2.29. The van der Waals surface area contributed by atoms with E-state index in [1.165, 1.54) is 0 Å². The van der Waals surface area contributed by atoms with Crippen LogP contribution in [0.25, 0.3) is 11.3 Å². The quantitative estimate of drug-likeness (QED) is 0.776. The maximum absolute atomic E-state index is 11.5. The number of esters is 1. The summed E-state index contributed by atoms with van der Waals surface area (Å²) in [6.07, 6.45) is 0. The van der Waals surface area contributed by atoms with Gasteiger partial charge < -0.3 is 9.15 Å². The number of hydrogen-bond acceptors (Lipinski definition) is 3. The van der Waals surface area contributed by atoms with Crippen molar-refractivity contribution in [2.75, 3.05) is 6.61 Å². The molecule has 2 aromatic rings. The van der Waals surface area contributed by atoms with Gasteiger partial charge in [-0.05, 0) is 47.1 Å². The van der Waals surface area contributed by atoms with Gasteiger partial charge >= 0.3 is 5.97 Å². The third-order valence-corrected chi connectivity index (χ3v) is 3.52. The Labute approximate surface area is 118 Å². The molecule has 0 aliphatic heterocycles. The van der Waals surface area contributed by atoms with E-state index in [0.29, 0.717) is 17.4 Å². The molecule has 2 rings (SSSR count). The monoisotopic (exact) mass is 328 g/mol. The topological polar surface area (TPSA) is 39.4 Å². The number of carbonyl (C=O) groups excluding carboxylic acids is 1. The summed E-state index contributed by atoms with van der Waals surface area (Å²) < 4.78 is 11.1. The Hall–Kier alpha value is -1.26. The number of ether oxygens (including phenoxy) is 1. The van der Waals surface area contributed by atoms with Crippen molar-refractivity contribution in [3.8, 4) is 11.3 Å². The molecule has 0 radical (unpaired) electrons. The highest BCUT2D eigenvalue weighted by Gasteiger charge is 2.13. The number of carbonyl (C=O) groups is 1. The van der Waals surface area contributed by atoms with Crippen LogP contribution in [0.15, 0.2) is 39.2 Å². The second-order valence-corrected chi connectivity index (χ2v) is 4.77. The summed E-state index contributed by atoms with van der Waals surface area (Å²) >= 11 is 9.32. The van der Waals surface area contributed by atoms with Gasteiger partial charge in [0.05, 0.1) is 11.6 Å². The lowest BCUT2D eigenvalue weighted by Crippen LogP contribution is -2.02. The third kappa shape index (κ3) is 2.76. The van der Waals surface area contributed by atoms with E-state index >= 15 is 0 Å². The minimum atomic E-state index is -0.466. The van der Waals surface area contributed by atoms with Crippen molar-refractivity contribution < 1.29 is 13.9 Å². The van der Waals surface area contributed by atoms with Crippen molar-refractivity contribution in [1.29, 1.82) is 0 Å². The van der Waals surface area contributed by atoms with Gasteiger partial charge in [-0.2, -0.15) is 0 Å². The first-order chi connectivity index (χ1) is 8.61. The van der Waals surface area contributed by atoms with E-state index in [4.69, 9.17) is 20.8 Å². The van der Waals surface area contributed by atoms with Crippen LogP contribution in [0.3, 0.4) is 0 Å². The number of benzene rings is 1. The molecular weight excluding hydrogens is 319 g/mol. The van der Waals surface area contributed by atoms with Crippen LogP contribution in [0.4, 0.5) is 0 Å². The molecule has 1 heterocycles. The highest BCUT2D eigenvalue weighted by atomic mass is 79.9. The predicted octanol–water partition coefficient (Wildman–Crippen LogP) is 4.54. The zero-order valence-electron chi connectivity index (χ0n) is 9.57. The van der Waals surface area contributed by atoms with Crippen molar-refractivity contribution in [3.05, 3.63) is 45.6 Å². The van der Waals surface area contributed by atoms with Gasteiger partial charge in [0.1, 0.15) is 5.76 Å². The summed E-state index contributed by atoms with van der Waals surface area (Å²) in [4.78, 5) is 11.5. The first-order valence-corrected chi connectivity index (χ1v) is 6.51. The maximum Gasteiger partial charge on any atom is 0.374 e. The molecule has 0 fully saturated rings. The van der Waals surface area contributed by atoms with Gasteiger partial charge in [-0.25, -0.2) is 4.79 Å². The van der Waals surface area contributed by atoms with E-state index in [0.717, 1.165) is 10.0 Å². The minimum Gasteiger partial charge on any atom is -0.460 e. The van der Waals surface area contributed by atoms with Crippen LogP contribution in [0.1, 0.15) is 17.5 Å². The standard InChI is InChI=1S/C13H10BrClO3/c1-2-17-13(16)12-6-5-11(18-12)8-3-4-9(14)10(15)7-8/h3-7H,2H2,1H3. The van der Waals surface area contributed by atoms with Crippen molar-refractivity contribution >= 4 is 33.5 Å². The molecule has 18 heavy (non-hydrogen) atoms. The Bertz CT molecular complexity index is 577. The molecule has 0 amide bonds. The van der Waals surface area contributed by atoms with Gasteiger partial charge in [-0.1, -0.05) is 17.7 Å². The van der Waals surface area contributed by atoms with Crippen LogP contribution in [0, 0.1) is 0 Å². The average molecular weight is 330 g/mol. The van der Waals surface area contributed by atoms with Gasteiger partial charge in [-0.15, -0.1) is 0 Å². The molecule has 0 aliphatic carbocycles. The largest absolute Gasteiger partial charge is 0.460 e. The van der Waals surface area contributed by atoms with Gasteiger partial charge in [0.25, 0.3) is 0 Å². The molecule has 0 spiro atoms. The molecule has 0 saturated heterocycles. The van der Waals surface area contributed by atoms with Crippen molar-refractivity contribution in [1.82, 2.24) is 0 Å². The van der Waals surface area contributed by atoms with Gasteiger partial charge in [0, 0.05) is 10.0 Å². The summed E-state index contributed by atoms with van der Waals surface area (Å²) in [5.41, 5.74) is 0.804. The Morgan fingerprint density at radius 2 is 2.17 bits per heavy atom. The first kappa shape index (κ1) is 13.2. The number of rotatable bonds is 3. The smallest absolute Gasteiger partial charge is 0.374 e. The number of furan rings is 1. The van der Waals surface area contributed by atoms with E-state index in [2.05, 4.69) is 15.9 Å². The van der Waals surface area contributed by atoms with Crippen LogP contribution in [0.5, 0.6) is 0 Å². The zero-order chi connectivity index (χ0) is 13.1. The van der Waals surface area contributed by atoms with Crippen LogP contribution in [-0.2, 0) is 4.74 Å². The Morgan fingerprint density at radius 1 is 1.39 bits per heavy atom. The molecule has 5 heteroatoms. The molecule has 0 saturated carbocycles. The van der Waals surface area contributed by atoms with E-state index in [1.54, 1.807) is 25.1 Å². The molecule has 0 bridgehead atoms. The lowest BCUT2D eigenvalue weighted by molar-refractivity contribution is 0.0491. The van der Waals surface area contributed by atoms with Crippen molar-refractivity contribution in [2.45, 2.75) is 6.92 Å². The molecule has 94 valence electrons. The Kier molecular flexibility index (Phi) is 4.09. The lowest BCUT2D eigenvalue weighted by Gasteiger charge is -2.00. The van der Waals surface area contributed by atoms with Crippen LogP contribution in [0.2, 0.25) is 5.02 Å². The third-order valence-electron chi connectivity index (χ3n) is 2.29.